The topological polar surface area (TPSA) is 53.1 Å². The van der Waals surface area contributed by atoms with Crippen LogP contribution >= 0.6 is 0 Å². The molecule has 0 aliphatic rings. The summed E-state index contributed by atoms with van der Waals surface area (Å²) in [6.07, 6.45) is 0.806. The molecule has 0 saturated carbocycles. The standard InChI is InChI=1S/C14H19F2N3O/c1-14(2,4-5-20-3)8-19-11-7-9(15)6-10(16)12(11)18-13(19)17/h6-7H,4-5,8H2,1-3H3,(H2,17,18). The Labute approximate surface area is 116 Å². The second kappa shape index (κ2) is 5.36. The lowest BCUT2D eigenvalue weighted by molar-refractivity contribution is 0.143. The van der Waals surface area contributed by atoms with Crippen LogP contribution in [0.1, 0.15) is 20.3 Å². The fourth-order valence-electron chi connectivity index (χ4n) is 2.22. The average molecular weight is 283 g/mol. The highest BCUT2D eigenvalue weighted by Crippen LogP contribution is 2.29. The van der Waals surface area contributed by atoms with E-state index in [0.29, 0.717) is 18.7 Å². The van der Waals surface area contributed by atoms with Crippen molar-refractivity contribution in [1.82, 2.24) is 9.55 Å². The van der Waals surface area contributed by atoms with Crippen molar-refractivity contribution in [3.63, 3.8) is 0 Å². The number of benzene rings is 1. The van der Waals surface area contributed by atoms with Gasteiger partial charge in [0.2, 0.25) is 5.95 Å². The third-order valence-electron chi connectivity index (χ3n) is 3.37. The van der Waals surface area contributed by atoms with Gasteiger partial charge in [0.15, 0.2) is 5.82 Å². The highest BCUT2D eigenvalue weighted by Gasteiger charge is 2.22. The molecule has 110 valence electrons. The molecule has 1 heterocycles. The fraction of sp³-hybridized carbons (Fsp3) is 0.500. The van der Waals surface area contributed by atoms with Crippen LogP contribution in [0.25, 0.3) is 11.0 Å². The molecule has 0 saturated heterocycles. The monoisotopic (exact) mass is 283 g/mol. The molecule has 1 aromatic carbocycles. The highest BCUT2D eigenvalue weighted by molar-refractivity contribution is 5.79. The van der Waals surface area contributed by atoms with E-state index in [9.17, 15) is 8.78 Å². The first-order valence-corrected chi connectivity index (χ1v) is 6.44. The van der Waals surface area contributed by atoms with Crippen LogP contribution < -0.4 is 5.73 Å². The SMILES string of the molecule is COCCC(C)(C)Cn1c(N)nc2c(F)cc(F)cc21. The molecule has 2 aromatic rings. The number of ether oxygens (including phenoxy) is 1. The van der Waals surface area contributed by atoms with E-state index >= 15 is 0 Å². The van der Waals surface area contributed by atoms with Crippen LogP contribution in [-0.4, -0.2) is 23.3 Å². The molecule has 0 radical (unpaired) electrons. The third kappa shape index (κ3) is 2.90. The molecule has 6 heteroatoms. The van der Waals surface area contributed by atoms with Crippen molar-refractivity contribution < 1.29 is 13.5 Å². The molecular weight excluding hydrogens is 264 g/mol. The van der Waals surface area contributed by atoms with E-state index in [1.807, 2.05) is 13.8 Å². The predicted octanol–water partition coefficient (Wildman–Crippen LogP) is 2.96. The summed E-state index contributed by atoms with van der Waals surface area (Å²) in [7, 11) is 1.64. The summed E-state index contributed by atoms with van der Waals surface area (Å²) in [5.41, 5.74) is 6.20. The van der Waals surface area contributed by atoms with Crippen LogP contribution in [-0.2, 0) is 11.3 Å². The van der Waals surface area contributed by atoms with Gasteiger partial charge in [0.05, 0.1) is 5.52 Å². The molecule has 20 heavy (non-hydrogen) atoms. The van der Waals surface area contributed by atoms with Crippen molar-refractivity contribution in [2.45, 2.75) is 26.8 Å². The predicted molar refractivity (Wildman–Crippen MR) is 74.3 cm³/mol. The van der Waals surface area contributed by atoms with E-state index in [-0.39, 0.29) is 16.9 Å². The molecule has 2 rings (SSSR count). The lowest BCUT2D eigenvalue weighted by Gasteiger charge is -2.25. The van der Waals surface area contributed by atoms with E-state index in [0.717, 1.165) is 12.5 Å². The Balaban J connectivity index is 2.41. The van der Waals surface area contributed by atoms with Crippen molar-refractivity contribution >= 4 is 17.0 Å². The first-order chi connectivity index (χ1) is 9.34. The number of nitrogens with two attached hydrogens (primary N) is 1. The van der Waals surface area contributed by atoms with Gasteiger partial charge in [0.25, 0.3) is 0 Å². The first kappa shape index (κ1) is 14.7. The molecule has 0 spiro atoms. The maximum Gasteiger partial charge on any atom is 0.201 e. The lowest BCUT2D eigenvalue weighted by atomic mass is 9.89. The van der Waals surface area contributed by atoms with Crippen LogP contribution in [0, 0.1) is 17.0 Å². The smallest absolute Gasteiger partial charge is 0.201 e. The molecule has 4 nitrogen and oxygen atoms in total. The van der Waals surface area contributed by atoms with Gasteiger partial charge in [-0.15, -0.1) is 0 Å². The van der Waals surface area contributed by atoms with E-state index in [1.165, 1.54) is 6.07 Å². The molecule has 0 atom stereocenters. The number of imidazole rings is 1. The number of halogens is 2. The lowest BCUT2D eigenvalue weighted by Crippen LogP contribution is -2.22. The maximum absolute atomic E-state index is 13.7. The minimum Gasteiger partial charge on any atom is -0.385 e. The summed E-state index contributed by atoms with van der Waals surface area (Å²) >= 11 is 0. The number of aromatic nitrogens is 2. The number of fused-ring (bicyclic) bond motifs is 1. The quantitative estimate of drug-likeness (QED) is 0.918. The number of methoxy groups -OCH3 is 1. The van der Waals surface area contributed by atoms with Crippen molar-refractivity contribution in [3.05, 3.63) is 23.8 Å². The minimum atomic E-state index is -0.694. The van der Waals surface area contributed by atoms with E-state index in [1.54, 1.807) is 11.7 Å². The average Bonchev–Trinajstić information content (AvgIpc) is 2.65. The van der Waals surface area contributed by atoms with E-state index < -0.39 is 11.6 Å². The summed E-state index contributed by atoms with van der Waals surface area (Å²) < 4.78 is 33.8. The van der Waals surface area contributed by atoms with Gasteiger partial charge in [-0.3, -0.25) is 0 Å². The Kier molecular flexibility index (Phi) is 3.94. The van der Waals surface area contributed by atoms with Crippen molar-refractivity contribution in [1.29, 1.82) is 0 Å². The Morgan fingerprint density at radius 1 is 1.35 bits per heavy atom. The molecule has 1 aromatic heterocycles. The second-order valence-electron chi connectivity index (χ2n) is 5.72. The number of hydrogen-bond donors (Lipinski definition) is 1. The van der Waals surface area contributed by atoms with Gasteiger partial charge >= 0.3 is 0 Å². The number of anilines is 1. The molecule has 0 fully saturated rings. The summed E-state index contributed by atoms with van der Waals surface area (Å²) in [5.74, 6) is -1.14. The zero-order chi connectivity index (χ0) is 14.9. The second-order valence-corrected chi connectivity index (χ2v) is 5.72. The van der Waals surface area contributed by atoms with Crippen LogP contribution in [0.3, 0.4) is 0 Å². The molecule has 0 amide bonds. The normalized spacial score (nSPS) is 12.2. The van der Waals surface area contributed by atoms with Crippen LogP contribution in [0.4, 0.5) is 14.7 Å². The van der Waals surface area contributed by atoms with Gasteiger partial charge in [-0.1, -0.05) is 13.8 Å². The number of nitrogens with zero attached hydrogens (tertiary/aromatic N) is 2. The Morgan fingerprint density at radius 3 is 2.70 bits per heavy atom. The van der Waals surface area contributed by atoms with Crippen LogP contribution in [0.15, 0.2) is 12.1 Å². The molecule has 0 unspecified atom stereocenters. The zero-order valence-corrected chi connectivity index (χ0v) is 11.9. The summed E-state index contributed by atoms with van der Waals surface area (Å²) in [4.78, 5) is 3.99. The third-order valence-corrected chi connectivity index (χ3v) is 3.37. The Hall–Kier alpha value is -1.69. The maximum atomic E-state index is 13.7. The molecule has 0 bridgehead atoms. The summed E-state index contributed by atoms with van der Waals surface area (Å²) in [5, 5.41) is 0. The molecule has 0 aliphatic carbocycles. The van der Waals surface area contributed by atoms with Gasteiger partial charge in [-0.25, -0.2) is 13.8 Å². The van der Waals surface area contributed by atoms with Crippen molar-refractivity contribution in [2.75, 3.05) is 19.5 Å². The van der Waals surface area contributed by atoms with Crippen molar-refractivity contribution in [2.24, 2.45) is 5.41 Å². The van der Waals surface area contributed by atoms with Gasteiger partial charge < -0.3 is 15.0 Å². The minimum absolute atomic E-state index is 0.103. The Morgan fingerprint density at radius 2 is 2.05 bits per heavy atom. The zero-order valence-electron chi connectivity index (χ0n) is 11.9. The van der Waals surface area contributed by atoms with Crippen LogP contribution in [0.5, 0.6) is 0 Å². The highest BCUT2D eigenvalue weighted by atomic mass is 19.1. The number of rotatable bonds is 5. The van der Waals surface area contributed by atoms with E-state index in [4.69, 9.17) is 10.5 Å². The fourth-order valence-corrected chi connectivity index (χ4v) is 2.22. The van der Waals surface area contributed by atoms with Crippen LogP contribution in [0.2, 0.25) is 0 Å². The summed E-state index contributed by atoms with van der Waals surface area (Å²) in [6.45, 7) is 5.23. The van der Waals surface area contributed by atoms with Gasteiger partial charge in [-0.05, 0) is 11.8 Å². The van der Waals surface area contributed by atoms with Gasteiger partial charge in [0, 0.05) is 32.4 Å². The van der Waals surface area contributed by atoms with E-state index in [2.05, 4.69) is 4.98 Å². The summed E-state index contributed by atoms with van der Waals surface area (Å²) in [6, 6.07) is 2.07. The molecular formula is C14H19F2N3O. The largest absolute Gasteiger partial charge is 0.385 e. The number of hydrogen-bond acceptors (Lipinski definition) is 3. The first-order valence-electron chi connectivity index (χ1n) is 6.44. The van der Waals surface area contributed by atoms with Crippen molar-refractivity contribution in [3.8, 4) is 0 Å². The number of nitrogen functional groups attached to an aromatic ring is 1. The van der Waals surface area contributed by atoms with Gasteiger partial charge in [0.1, 0.15) is 11.3 Å². The Bertz CT molecular complexity index is 622. The molecule has 0 aliphatic heterocycles. The molecule has 2 N–H and O–H groups in total. The van der Waals surface area contributed by atoms with Gasteiger partial charge in [-0.2, -0.15) is 0 Å².